The molecule has 7 nitrogen and oxygen atoms in total. The summed E-state index contributed by atoms with van der Waals surface area (Å²) in [6.45, 7) is 0.341. The van der Waals surface area contributed by atoms with Gasteiger partial charge in [0.25, 0.3) is 16.0 Å². The number of fused-ring (bicyclic) bond motifs is 1. The van der Waals surface area contributed by atoms with Crippen molar-refractivity contribution < 1.29 is 17.8 Å². The number of carbonyl (C=O) groups excluding carboxylic acids is 1. The van der Waals surface area contributed by atoms with E-state index in [1.807, 2.05) is 29.2 Å². The van der Waals surface area contributed by atoms with Gasteiger partial charge in [-0.15, -0.1) is 0 Å². The van der Waals surface area contributed by atoms with Crippen molar-refractivity contribution in [2.45, 2.75) is 11.3 Å². The minimum Gasteiger partial charge on any atom is -0.334 e. The number of hydrogen-bond acceptors (Lipinski definition) is 8. The molecule has 0 unspecified atom stereocenters. The van der Waals surface area contributed by atoms with E-state index >= 15 is 0 Å². The highest BCUT2D eigenvalue weighted by atomic mass is 32.2. The topological polar surface area (TPSA) is 104 Å². The van der Waals surface area contributed by atoms with Crippen molar-refractivity contribution in [2.75, 3.05) is 17.2 Å². The molecule has 0 radical (unpaired) electrons. The van der Waals surface area contributed by atoms with Gasteiger partial charge in [-0.2, -0.15) is 8.42 Å². The van der Waals surface area contributed by atoms with Gasteiger partial charge >= 0.3 is 0 Å². The van der Waals surface area contributed by atoms with E-state index in [4.69, 9.17) is 22.6 Å². The monoisotopic (exact) mass is 403 g/mol. The summed E-state index contributed by atoms with van der Waals surface area (Å²) in [6.07, 6.45) is 0.222. The second-order valence-electron chi connectivity index (χ2n) is 5.04. The molecular weight excluding hydrogens is 390 g/mol. The number of amides is 1. The molecule has 1 fully saturated rings. The van der Waals surface area contributed by atoms with Gasteiger partial charge in [-0.25, -0.2) is 10.9 Å². The van der Waals surface area contributed by atoms with Gasteiger partial charge in [0.1, 0.15) is 9.93 Å². The lowest BCUT2D eigenvalue weighted by Crippen LogP contribution is -2.35. The second kappa shape index (κ2) is 6.65. The van der Waals surface area contributed by atoms with Crippen molar-refractivity contribution in [3.05, 3.63) is 34.2 Å². The molecule has 2 heterocycles. The first-order valence-electron chi connectivity index (χ1n) is 6.83. The maximum absolute atomic E-state index is 12.3. The van der Waals surface area contributed by atoms with Crippen molar-refractivity contribution in [3.8, 4) is 0 Å². The summed E-state index contributed by atoms with van der Waals surface area (Å²) in [5.74, 6) is 4.91. The van der Waals surface area contributed by atoms with E-state index in [-0.39, 0.29) is 22.4 Å². The Hall–Kier alpha value is -1.11. The smallest absolute Gasteiger partial charge is 0.283 e. The minimum absolute atomic E-state index is 0.222. The molecule has 11 heteroatoms. The second-order valence-corrected chi connectivity index (χ2v) is 9.29. The lowest BCUT2D eigenvalue weighted by Gasteiger charge is -2.21. The predicted molar refractivity (Wildman–Crippen MR) is 98.9 cm³/mol. The highest BCUT2D eigenvalue weighted by Crippen LogP contribution is 2.50. The van der Waals surface area contributed by atoms with E-state index in [0.717, 1.165) is 27.4 Å². The molecule has 0 aliphatic carbocycles. The Morgan fingerprint density at radius 3 is 2.58 bits per heavy atom. The summed E-state index contributed by atoms with van der Waals surface area (Å²) in [5, 5.41) is 1.61. The number of anilines is 1. The molecule has 3 N–H and O–H groups in total. The number of para-hydroxylation sites is 1. The maximum atomic E-state index is 12.3. The molecule has 128 valence electrons. The van der Waals surface area contributed by atoms with Gasteiger partial charge in [-0.1, -0.05) is 47.9 Å². The van der Waals surface area contributed by atoms with Crippen molar-refractivity contribution in [1.82, 2.24) is 5.01 Å². The zero-order valence-corrected chi connectivity index (χ0v) is 15.5. The van der Waals surface area contributed by atoms with Crippen molar-refractivity contribution in [1.29, 1.82) is 0 Å². The average molecular weight is 404 g/mol. The Kier molecular flexibility index (Phi) is 4.91. The molecular formula is C13H13N3O4S4. The third-order valence-corrected chi connectivity index (χ3v) is 6.89. The summed E-state index contributed by atoms with van der Waals surface area (Å²) < 4.78 is 31.1. The zero-order valence-electron chi connectivity index (χ0n) is 12.2. The summed E-state index contributed by atoms with van der Waals surface area (Å²) >= 11 is 7.60. The molecule has 1 amide bonds. The first-order chi connectivity index (χ1) is 11.3. The van der Waals surface area contributed by atoms with Crippen LogP contribution in [0.1, 0.15) is 6.42 Å². The third kappa shape index (κ3) is 3.46. The highest BCUT2D eigenvalue weighted by Gasteiger charge is 2.37. The Morgan fingerprint density at radius 1 is 1.25 bits per heavy atom. The minimum atomic E-state index is -4.03. The molecule has 0 atom stereocenters. The molecule has 0 bridgehead atoms. The molecule has 24 heavy (non-hydrogen) atoms. The summed E-state index contributed by atoms with van der Waals surface area (Å²) in [5.41, 5.74) is 0.884. The third-order valence-electron chi connectivity index (χ3n) is 3.39. The van der Waals surface area contributed by atoms with Gasteiger partial charge in [-0.3, -0.25) is 9.35 Å². The van der Waals surface area contributed by atoms with Crippen LogP contribution >= 0.6 is 35.7 Å². The number of nitrogens with zero attached hydrogens (tertiary/aromatic N) is 2. The first-order valence-corrected chi connectivity index (χ1v) is 10.5. The molecule has 2 aliphatic heterocycles. The van der Waals surface area contributed by atoms with E-state index in [9.17, 15) is 13.2 Å². The predicted octanol–water partition coefficient (Wildman–Crippen LogP) is 1.78. The number of thiocarbonyl (C=S) groups is 1. The largest absolute Gasteiger partial charge is 0.334 e. The molecule has 2 aliphatic rings. The quantitative estimate of drug-likeness (QED) is 0.256. The van der Waals surface area contributed by atoms with Gasteiger partial charge in [0.15, 0.2) is 4.32 Å². The maximum Gasteiger partial charge on any atom is 0.283 e. The van der Waals surface area contributed by atoms with Gasteiger partial charge in [-0.05, 0) is 18.6 Å². The van der Waals surface area contributed by atoms with Crippen LogP contribution in [0.15, 0.2) is 39.1 Å². The fraction of sp³-hybridized carbons (Fsp3) is 0.231. The molecule has 0 saturated carbocycles. The molecule has 1 aromatic rings. The molecule has 1 aromatic carbocycles. The van der Waals surface area contributed by atoms with Crippen LogP contribution in [0, 0.1) is 0 Å². The highest BCUT2D eigenvalue weighted by molar-refractivity contribution is 8.27. The number of hydrogen-bond donors (Lipinski definition) is 2. The van der Waals surface area contributed by atoms with E-state index in [1.54, 1.807) is 0 Å². The lowest BCUT2D eigenvalue weighted by molar-refractivity contribution is -0.122. The van der Waals surface area contributed by atoms with E-state index in [1.165, 1.54) is 11.8 Å². The number of carbonyl (C=O) groups is 1. The Bertz CT molecular complexity index is 853. The summed E-state index contributed by atoms with van der Waals surface area (Å²) in [7, 11) is -4.03. The fourth-order valence-corrected chi connectivity index (χ4v) is 5.27. The summed E-state index contributed by atoms with van der Waals surface area (Å²) in [4.78, 5) is 15.5. The van der Waals surface area contributed by atoms with Crippen molar-refractivity contribution in [3.63, 3.8) is 0 Å². The first kappa shape index (κ1) is 17.7. The zero-order chi connectivity index (χ0) is 17.5. The van der Waals surface area contributed by atoms with Crippen LogP contribution in [-0.2, 0) is 14.9 Å². The molecule has 0 spiro atoms. The van der Waals surface area contributed by atoms with E-state index in [0.29, 0.717) is 16.5 Å². The van der Waals surface area contributed by atoms with Crippen LogP contribution < -0.4 is 10.7 Å². The van der Waals surface area contributed by atoms with E-state index < -0.39 is 10.1 Å². The molecule has 0 aromatic heterocycles. The number of thioether (sulfide) groups is 2. The van der Waals surface area contributed by atoms with Crippen LogP contribution in [-0.4, -0.2) is 40.5 Å². The fourth-order valence-electron chi connectivity index (χ4n) is 2.34. The van der Waals surface area contributed by atoms with Gasteiger partial charge in [0.2, 0.25) is 0 Å². The Labute approximate surface area is 153 Å². The van der Waals surface area contributed by atoms with Gasteiger partial charge in [0.05, 0.1) is 11.4 Å². The summed E-state index contributed by atoms with van der Waals surface area (Å²) in [6, 6.07) is 7.57. The van der Waals surface area contributed by atoms with Crippen molar-refractivity contribution in [2.24, 2.45) is 5.84 Å². The van der Waals surface area contributed by atoms with Crippen LogP contribution in [0.4, 0.5) is 5.69 Å². The van der Waals surface area contributed by atoms with Crippen LogP contribution in [0.2, 0.25) is 0 Å². The lowest BCUT2D eigenvalue weighted by atomic mass is 10.3. The van der Waals surface area contributed by atoms with Crippen LogP contribution in [0.5, 0.6) is 0 Å². The molecule has 3 rings (SSSR count). The Balaban J connectivity index is 1.94. The SMILES string of the molecule is NN1C(=O)C(=C2Sc3ccccc3N2CCCS(=O)(=O)O)SC1=S. The van der Waals surface area contributed by atoms with Gasteiger partial charge in [0, 0.05) is 11.4 Å². The van der Waals surface area contributed by atoms with Gasteiger partial charge < -0.3 is 4.90 Å². The number of rotatable bonds is 4. The number of hydrazine groups is 1. The van der Waals surface area contributed by atoms with Crippen molar-refractivity contribution >= 4 is 61.8 Å². The number of benzene rings is 1. The normalized spacial score (nSPS) is 20.9. The number of nitrogens with two attached hydrogens (primary N) is 1. The Morgan fingerprint density at radius 2 is 1.96 bits per heavy atom. The van der Waals surface area contributed by atoms with E-state index in [2.05, 4.69) is 0 Å². The molecule has 1 saturated heterocycles. The standard InChI is InChI=1S/C13H13N3O4S4/c14-16-11(17)10(23-13(16)21)12-15(6-3-7-24(18,19)20)8-4-1-2-5-9(8)22-12/h1-2,4-5H,3,6-7,14H2,(H,18,19,20). The van der Waals surface area contributed by atoms with Crippen LogP contribution in [0.3, 0.4) is 0 Å². The van der Waals surface area contributed by atoms with Crippen LogP contribution in [0.25, 0.3) is 0 Å². The average Bonchev–Trinajstić information content (AvgIpc) is 2.99.